The number of carbonyl (C=O) groups is 1. The van der Waals surface area contributed by atoms with Crippen LogP contribution >= 0.6 is 0 Å². The van der Waals surface area contributed by atoms with Gasteiger partial charge in [-0.25, -0.2) is 0 Å². The molecule has 0 bridgehead atoms. The molecule has 0 aromatic heterocycles. The van der Waals surface area contributed by atoms with Gasteiger partial charge in [0.2, 0.25) is 5.91 Å². The van der Waals surface area contributed by atoms with Gasteiger partial charge in [-0.05, 0) is 55.0 Å². The summed E-state index contributed by atoms with van der Waals surface area (Å²) in [6.45, 7) is 9.66. The molecule has 1 atom stereocenters. The Morgan fingerprint density at radius 3 is 2.43 bits per heavy atom. The van der Waals surface area contributed by atoms with Gasteiger partial charge in [-0.1, -0.05) is 6.92 Å². The molecule has 0 aliphatic carbocycles. The molecule has 0 saturated carbocycles. The van der Waals surface area contributed by atoms with E-state index in [2.05, 4.69) is 12.2 Å². The Morgan fingerprint density at radius 1 is 1.29 bits per heavy atom. The zero-order valence-corrected chi connectivity index (χ0v) is 13.3. The van der Waals surface area contributed by atoms with E-state index in [1.54, 1.807) is 12.1 Å². The lowest BCUT2D eigenvalue weighted by molar-refractivity contribution is -0.131. The van der Waals surface area contributed by atoms with Crippen LogP contribution in [0.15, 0.2) is 12.1 Å². The third kappa shape index (κ3) is 3.97. The number of rotatable bonds is 4. The van der Waals surface area contributed by atoms with Gasteiger partial charge in [0.25, 0.3) is 0 Å². The van der Waals surface area contributed by atoms with Crippen LogP contribution in [0.3, 0.4) is 0 Å². The van der Waals surface area contributed by atoms with Crippen LogP contribution in [0.2, 0.25) is 0 Å². The molecule has 2 N–H and O–H groups in total. The summed E-state index contributed by atoms with van der Waals surface area (Å²) >= 11 is 0. The maximum Gasteiger partial charge on any atom is 0.222 e. The fraction of sp³-hybridized carbons (Fsp3) is 0.588. The molecule has 1 unspecified atom stereocenters. The first kappa shape index (κ1) is 15.8. The molecular weight excluding hydrogens is 264 g/mol. The number of carbonyl (C=O) groups excluding carboxylic acids is 1. The third-order valence-corrected chi connectivity index (χ3v) is 4.33. The van der Waals surface area contributed by atoms with Gasteiger partial charge in [0, 0.05) is 32.6 Å². The van der Waals surface area contributed by atoms with Crippen LogP contribution in [0.5, 0.6) is 5.75 Å². The second kappa shape index (κ2) is 6.94. The number of hydrogen-bond acceptors (Lipinski definition) is 3. The summed E-state index contributed by atoms with van der Waals surface area (Å²) < 4.78 is 0. The number of benzene rings is 1. The van der Waals surface area contributed by atoms with Crippen molar-refractivity contribution in [1.82, 2.24) is 10.2 Å². The van der Waals surface area contributed by atoms with Crippen LogP contribution in [0, 0.1) is 13.8 Å². The fourth-order valence-corrected chi connectivity index (χ4v) is 3.29. The summed E-state index contributed by atoms with van der Waals surface area (Å²) in [7, 11) is 0. The van der Waals surface area contributed by atoms with Crippen molar-refractivity contribution in [1.29, 1.82) is 0 Å². The molecular formula is C17H26N2O2. The van der Waals surface area contributed by atoms with E-state index in [9.17, 15) is 9.90 Å². The van der Waals surface area contributed by atoms with Crippen molar-refractivity contribution in [2.24, 2.45) is 0 Å². The van der Waals surface area contributed by atoms with Crippen LogP contribution in [0.1, 0.15) is 42.4 Å². The Bertz CT molecular complexity index is 485. The predicted molar refractivity (Wildman–Crippen MR) is 84.7 cm³/mol. The highest BCUT2D eigenvalue weighted by Gasteiger charge is 2.18. The maximum absolute atomic E-state index is 12.2. The van der Waals surface area contributed by atoms with E-state index in [1.807, 2.05) is 18.7 Å². The summed E-state index contributed by atoms with van der Waals surface area (Å²) in [6.07, 6.45) is 1.45. The quantitative estimate of drug-likeness (QED) is 0.895. The lowest BCUT2D eigenvalue weighted by Crippen LogP contribution is -2.46. The smallest absolute Gasteiger partial charge is 0.222 e. The zero-order valence-electron chi connectivity index (χ0n) is 13.3. The highest BCUT2D eigenvalue weighted by molar-refractivity contribution is 5.76. The minimum Gasteiger partial charge on any atom is -0.508 e. The summed E-state index contributed by atoms with van der Waals surface area (Å²) in [5.41, 5.74) is 3.48. The number of phenols is 1. The van der Waals surface area contributed by atoms with E-state index in [1.165, 1.54) is 5.56 Å². The van der Waals surface area contributed by atoms with Crippen molar-refractivity contribution in [3.8, 4) is 5.75 Å². The highest BCUT2D eigenvalue weighted by atomic mass is 16.3. The van der Waals surface area contributed by atoms with Crippen LogP contribution < -0.4 is 5.32 Å². The Kier molecular flexibility index (Phi) is 5.23. The largest absolute Gasteiger partial charge is 0.508 e. The Morgan fingerprint density at radius 2 is 1.86 bits per heavy atom. The minimum atomic E-state index is 0.262. The van der Waals surface area contributed by atoms with Crippen molar-refractivity contribution in [2.45, 2.75) is 39.5 Å². The van der Waals surface area contributed by atoms with E-state index in [-0.39, 0.29) is 5.91 Å². The summed E-state index contributed by atoms with van der Waals surface area (Å²) in [6, 6.07) is 3.61. The van der Waals surface area contributed by atoms with Crippen molar-refractivity contribution < 1.29 is 9.90 Å². The molecule has 2 rings (SSSR count). The normalized spacial score (nSPS) is 16.8. The first-order valence-electron chi connectivity index (χ1n) is 7.77. The van der Waals surface area contributed by atoms with E-state index >= 15 is 0 Å². The van der Waals surface area contributed by atoms with Crippen molar-refractivity contribution in [3.05, 3.63) is 28.8 Å². The van der Waals surface area contributed by atoms with Crippen LogP contribution in [0.25, 0.3) is 0 Å². The molecule has 1 aliphatic rings. The molecule has 1 aliphatic heterocycles. The van der Waals surface area contributed by atoms with Crippen LogP contribution in [0.4, 0.5) is 0 Å². The zero-order chi connectivity index (χ0) is 15.4. The van der Waals surface area contributed by atoms with E-state index in [4.69, 9.17) is 0 Å². The molecule has 1 heterocycles. The van der Waals surface area contributed by atoms with E-state index < -0.39 is 0 Å². The number of amides is 1. The second-order valence-corrected chi connectivity index (χ2v) is 6.06. The summed E-state index contributed by atoms with van der Waals surface area (Å²) in [5, 5.41) is 12.9. The molecule has 4 nitrogen and oxygen atoms in total. The average Bonchev–Trinajstić information content (AvgIpc) is 2.44. The number of hydrogen-bond donors (Lipinski definition) is 2. The standard InChI is InChI=1S/C17H26N2O2/c1-12(17-13(2)10-15(20)11-14(17)3)4-5-16(21)19-8-6-18-7-9-19/h10-12,18,20H,4-9H2,1-3H3. The fourth-order valence-electron chi connectivity index (χ4n) is 3.29. The van der Waals surface area contributed by atoms with Gasteiger partial charge in [0.05, 0.1) is 0 Å². The van der Waals surface area contributed by atoms with Crippen molar-refractivity contribution in [2.75, 3.05) is 26.2 Å². The number of nitrogens with one attached hydrogen (secondary N) is 1. The van der Waals surface area contributed by atoms with Crippen LogP contribution in [-0.2, 0) is 4.79 Å². The number of piperazine rings is 1. The molecule has 21 heavy (non-hydrogen) atoms. The lowest BCUT2D eigenvalue weighted by atomic mass is 9.88. The number of nitrogens with zero attached hydrogens (tertiary/aromatic N) is 1. The molecule has 1 saturated heterocycles. The monoisotopic (exact) mass is 290 g/mol. The van der Waals surface area contributed by atoms with Crippen LogP contribution in [-0.4, -0.2) is 42.1 Å². The number of aromatic hydroxyl groups is 1. The number of phenolic OH excluding ortho intramolecular Hbond substituents is 1. The summed E-state index contributed by atoms with van der Waals surface area (Å²) in [4.78, 5) is 14.2. The minimum absolute atomic E-state index is 0.262. The molecule has 1 amide bonds. The molecule has 4 heteroatoms. The van der Waals surface area contributed by atoms with E-state index in [0.29, 0.717) is 18.1 Å². The van der Waals surface area contributed by atoms with Gasteiger partial charge in [-0.2, -0.15) is 0 Å². The van der Waals surface area contributed by atoms with Gasteiger partial charge in [0.1, 0.15) is 5.75 Å². The van der Waals surface area contributed by atoms with Gasteiger partial charge >= 0.3 is 0 Å². The maximum atomic E-state index is 12.2. The Labute approximate surface area is 127 Å². The van der Waals surface area contributed by atoms with Gasteiger partial charge in [-0.3, -0.25) is 4.79 Å². The Hall–Kier alpha value is -1.55. The first-order valence-corrected chi connectivity index (χ1v) is 7.77. The molecule has 0 radical (unpaired) electrons. The SMILES string of the molecule is Cc1cc(O)cc(C)c1C(C)CCC(=O)N1CCNCC1. The van der Waals surface area contributed by atoms with E-state index in [0.717, 1.165) is 43.7 Å². The molecule has 1 fully saturated rings. The molecule has 0 spiro atoms. The summed E-state index contributed by atoms with van der Waals surface area (Å²) in [5.74, 6) is 0.910. The van der Waals surface area contributed by atoms with Gasteiger partial charge in [-0.15, -0.1) is 0 Å². The van der Waals surface area contributed by atoms with Gasteiger partial charge in [0.15, 0.2) is 0 Å². The third-order valence-electron chi connectivity index (χ3n) is 4.33. The number of aryl methyl sites for hydroxylation is 2. The molecule has 1 aromatic rings. The first-order chi connectivity index (χ1) is 9.99. The molecule has 1 aromatic carbocycles. The van der Waals surface area contributed by atoms with Gasteiger partial charge < -0.3 is 15.3 Å². The molecule has 116 valence electrons. The Balaban J connectivity index is 1.95. The van der Waals surface area contributed by atoms with Crippen molar-refractivity contribution >= 4 is 5.91 Å². The predicted octanol–water partition coefficient (Wildman–Crippen LogP) is 2.32. The van der Waals surface area contributed by atoms with Crippen molar-refractivity contribution in [3.63, 3.8) is 0 Å². The average molecular weight is 290 g/mol. The topological polar surface area (TPSA) is 52.6 Å². The highest BCUT2D eigenvalue weighted by Crippen LogP contribution is 2.30. The second-order valence-electron chi connectivity index (χ2n) is 6.06. The lowest BCUT2D eigenvalue weighted by Gasteiger charge is -2.28.